The summed E-state index contributed by atoms with van der Waals surface area (Å²) in [5.74, 6) is 2.04. The zero-order chi connectivity index (χ0) is 27.9. The summed E-state index contributed by atoms with van der Waals surface area (Å²) in [5, 5.41) is 2.67. The lowest BCUT2D eigenvalue weighted by atomic mass is 9.86. The highest BCUT2D eigenvalue weighted by Gasteiger charge is 2.24. The summed E-state index contributed by atoms with van der Waals surface area (Å²) < 4.78 is 17.4. The monoisotopic (exact) mass is 543 g/mol. The van der Waals surface area contributed by atoms with Crippen LogP contribution in [0.15, 0.2) is 48.1 Å². The summed E-state index contributed by atoms with van der Waals surface area (Å²) in [6, 6.07) is 7.06. The first-order valence-corrected chi connectivity index (χ1v) is 15.8. The Balaban J connectivity index is 1.49. The Morgan fingerprint density at radius 2 is 1.80 bits per heavy atom. The molecule has 0 bridgehead atoms. The molecule has 3 atom stereocenters. The van der Waals surface area contributed by atoms with Gasteiger partial charge < -0.3 is 14.2 Å². The maximum atomic E-state index is 5.94. The van der Waals surface area contributed by atoms with E-state index in [9.17, 15) is 0 Å². The van der Waals surface area contributed by atoms with Gasteiger partial charge in [-0.15, -0.1) is 0 Å². The summed E-state index contributed by atoms with van der Waals surface area (Å²) in [5.41, 5.74) is 7.98. The van der Waals surface area contributed by atoms with E-state index < -0.39 is 0 Å². The molecule has 0 N–H and O–H groups in total. The van der Waals surface area contributed by atoms with Crippen LogP contribution >= 0.6 is 0 Å². The van der Waals surface area contributed by atoms with Gasteiger partial charge >= 0.3 is 0 Å². The molecule has 4 heteroatoms. The zero-order valence-corrected chi connectivity index (χ0v) is 25.2. The van der Waals surface area contributed by atoms with Crippen molar-refractivity contribution in [3.63, 3.8) is 0 Å². The normalized spacial score (nSPS) is 23.4. The van der Waals surface area contributed by atoms with Crippen molar-refractivity contribution in [1.82, 2.24) is 4.98 Å². The van der Waals surface area contributed by atoms with Gasteiger partial charge in [0.15, 0.2) is 0 Å². The van der Waals surface area contributed by atoms with Gasteiger partial charge in [-0.25, -0.2) is 0 Å². The van der Waals surface area contributed by atoms with Crippen LogP contribution in [0.5, 0.6) is 0 Å². The van der Waals surface area contributed by atoms with Gasteiger partial charge in [-0.05, 0) is 103 Å². The maximum absolute atomic E-state index is 5.94. The first-order valence-electron chi connectivity index (χ1n) is 15.8. The quantitative estimate of drug-likeness (QED) is 0.298. The second-order valence-electron chi connectivity index (χ2n) is 12.4. The minimum atomic E-state index is 0.431. The van der Waals surface area contributed by atoms with Crippen molar-refractivity contribution in [3.05, 3.63) is 70.6 Å². The standard InChI is InChI=1S/C36H49NO3/c1-5-16-39-24-26(3)21-32-22-35-27(4)33(30-8-6-7-28(9-10-30)29-13-17-38-18-14-29)11-12-34(35)36(37-32)31-15-19-40-23-25(2)20-31/h7-12,22,25-26,29,31H,5-6,13-21,23-24H2,1-4H3/t25-,26-,31?/m1/s1. The summed E-state index contributed by atoms with van der Waals surface area (Å²) in [7, 11) is 0. The number of rotatable bonds is 9. The largest absolute Gasteiger partial charge is 0.381 e. The number of hydrogen-bond acceptors (Lipinski definition) is 4. The Hall–Kier alpha value is -2.27. The number of pyridine rings is 1. The van der Waals surface area contributed by atoms with Crippen molar-refractivity contribution in [1.29, 1.82) is 0 Å². The van der Waals surface area contributed by atoms with E-state index in [2.05, 4.69) is 70.2 Å². The van der Waals surface area contributed by atoms with Crippen LogP contribution in [-0.4, -0.2) is 44.6 Å². The molecule has 4 nitrogen and oxygen atoms in total. The molecule has 3 heterocycles. The van der Waals surface area contributed by atoms with Crippen LogP contribution in [0.25, 0.3) is 16.3 Å². The third-order valence-corrected chi connectivity index (χ3v) is 8.91. The number of ether oxygens (including phenoxy) is 3. The van der Waals surface area contributed by atoms with Crippen LogP contribution in [-0.2, 0) is 20.6 Å². The topological polar surface area (TPSA) is 40.6 Å². The van der Waals surface area contributed by atoms with Crippen LogP contribution < -0.4 is 0 Å². The highest BCUT2D eigenvalue weighted by atomic mass is 16.5. The van der Waals surface area contributed by atoms with E-state index in [4.69, 9.17) is 19.2 Å². The molecule has 1 aliphatic carbocycles. The van der Waals surface area contributed by atoms with Crippen LogP contribution in [0.3, 0.4) is 0 Å². The zero-order valence-electron chi connectivity index (χ0n) is 25.2. The number of nitrogens with zero attached hydrogens (tertiary/aromatic N) is 1. The average molecular weight is 544 g/mol. The fraction of sp³-hybridized carbons (Fsp3) is 0.583. The van der Waals surface area contributed by atoms with Gasteiger partial charge in [0, 0.05) is 56.6 Å². The van der Waals surface area contributed by atoms with Crippen molar-refractivity contribution in [2.45, 2.75) is 78.6 Å². The molecular weight excluding hydrogens is 494 g/mol. The Morgan fingerprint density at radius 1 is 1.00 bits per heavy atom. The number of allylic oxidation sites excluding steroid dienone is 6. The second kappa shape index (κ2) is 14.1. The van der Waals surface area contributed by atoms with Crippen LogP contribution in [0.1, 0.15) is 87.7 Å². The van der Waals surface area contributed by atoms with Gasteiger partial charge in [0.2, 0.25) is 0 Å². The Morgan fingerprint density at radius 3 is 2.62 bits per heavy atom. The molecule has 2 aliphatic heterocycles. The van der Waals surface area contributed by atoms with E-state index in [-0.39, 0.29) is 0 Å². The molecule has 3 aliphatic rings. The number of fused-ring (bicyclic) bond motifs is 1. The maximum Gasteiger partial charge on any atom is 0.0517 e. The predicted octanol–water partition coefficient (Wildman–Crippen LogP) is 8.37. The van der Waals surface area contributed by atoms with E-state index in [1.165, 1.54) is 44.4 Å². The van der Waals surface area contributed by atoms with Gasteiger partial charge in [0.1, 0.15) is 0 Å². The molecule has 216 valence electrons. The minimum Gasteiger partial charge on any atom is -0.381 e. The lowest BCUT2D eigenvalue weighted by Gasteiger charge is -2.23. The SMILES string of the molecule is CCCOC[C@H](C)Cc1cc2c(C)c(C3=CCC=C(C4CCOCC4)C=C3)ccc2c(C2CCOC[C@H](C)C2)n1. The summed E-state index contributed by atoms with van der Waals surface area (Å²) >= 11 is 0. The molecule has 40 heavy (non-hydrogen) atoms. The van der Waals surface area contributed by atoms with E-state index in [0.717, 1.165) is 84.6 Å². The van der Waals surface area contributed by atoms with E-state index in [1.54, 1.807) is 0 Å². The van der Waals surface area contributed by atoms with Crippen molar-refractivity contribution >= 4 is 16.3 Å². The number of aryl methyl sites for hydroxylation is 1. The van der Waals surface area contributed by atoms with E-state index in [0.29, 0.717) is 23.7 Å². The molecule has 1 unspecified atom stereocenters. The highest BCUT2D eigenvalue weighted by molar-refractivity contribution is 5.93. The third-order valence-electron chi connectivity index (χ3n) is 8.91. The summed E-state index contributed by atoms with van der Waals surface area (Å²) in [6.07, 6.45) is 17.0. The molecule has 2 aromatic rings. The lowest BCUT2D eigenvalue weighted by Crippen LogP contribution is -2.16. The molecule has 5 rings (SSSR count). The Kier molecular flexibility index (Phi) is 10.3. The fourth-order valence-electron chi connectivity index (χ4n) is 6.73. The van der Waals surface area contributed by atoms with Crippen molar-refractivity contribution in [2.24, 2.45) is 17.8 Å². The van der Waals surface area contributed by atoms with E-state index in [1.807, 2.05) is 0 Å². The molecular formula is C36H49NO3. The van der Waals surface area contributed by atoms with E-state index >= 15 is 0 Å². The van der Waals surface area contributed by atoms with Gasteiger partial charge in [0.25, 0.3) is 0 Å². The molecule has 2 saturated heterocycles. The summed E-state index contributed by atoms with van der Waals surface area (Å²) in [4.78, 5) is 5.37. The minimum absolute atomic E-state index is 0.431. The predicted molar refractivity (Wildman–Crippen MR) is 166 cm³/mol. The summed E-state index contributed by atoms with van der Waals surface area (Å²) in [6.45, 7) is 14.1. The smallest absolute Gasteiger partial charge is 0.0517 e. The Bertz CT molecular complexity index is 1240. The molecule has 1 aromatic carbocycles. The number of aromatic nitrogens is 1. The van der Waals surface area contributed by atoms with Gasteiger partial charge in [-0.1, -0.05) is 57.2 Å². The number of benzene rings is 1. The van der Waals surface area contributed by atoms with Crippen molar-refractivity contribution in [2.75, 3.05) is 39.6 Å². The number of hydrogen-bond donors (Lipinski definition) is 0. The first kappa shape index (κ1) is 29.2. The molecule has 1 aromatic heterocycles. The second-order valence-corrected chi connectivity index (χ2v) is 12.4. The van der Waals surface area contributed by atoms with Gasteiger partial charge in [-0.2, -0.15) is 0 Å². The van der Waals surface area contributed by atoms with Gasteiger partial charge in [0.05, 0.1) is 5.69 Å². The van der Waals surface area contributed by atoms with Gasteiger partial charge in [-0.3, -0.25) is 4.98 Å². The fourth-order valence-corrected chi connectivity index (χ4v) is 6.73. The average Bonchev–Trinajstić information content (AvgIpc) is 3.34. The Labute approximate surface area is 241 Å². The van der Waals surface area contributed by atoms with Crippen LogP contribution in [0.4, 0.5) is 0 Å². The highest BCUT2D eigenvalue weighted by Crippen LogP contribution is 2.38. The first-order chi connectivity index (χ1) is 19.5. The molecule has 0 radical (unpaired) electrons. The third kappa shape index (κ3) is 7.13. The molecule has 2 fully saturated rings. The van der Waals surface area contributed by atoms with Crippen LogP contribution in [0, 0.1) is 24.7 Å². The van der Waals surface area contributed by atoms with Crippen molar-refractivity contribution < 1.29 is 14.2 Å². The van der Waals surface area contributed by atoms with Crippen molar-refractivity contribution in [3.8, 4) is 0 Å². The molecule has 0 saturated carbocycles. The molecule has 0 amide bonds. The van der Waals surface area contributed by atoms with Crippen LogP contribution in [0.2, 0.25) is 0 Å². The lowest BCUT2D eigenvalue weighted by molar-refractivity contribution is 0.0765. The molecule has 0 spiro atoms.